The molecule has 1 aliphatic carbocycles. The molecule has 1 saturated carbocycles. The van der Waals surface area contributed by atoms with E-state index in [1.54, 1.807) is 12.1 Å². The molecule has 4 heteroatoms. The van der Waals surface area contributed by atoms with Gasteiger partial charge in [-0.25, -0.2) is 13.1 Å². The first-order valence-corrected chi connectivity index (χ1v) is 8.06. The summed E-state index contributed by atoms with van der Waals surface area (Å²) in [4.78, 5) is 0.373. The fraction of sp³-hybridized carbons (Fsp3) is 0.333. The molecule has 3 nitrogen and oxygen atoms in total. The maximum atomic E-state index is 12.5. The van der Waals surface area contributed by atoms with Crippen molar-refractivity contribution in [1.82, 2.24) is 4.72 Å². The second-order valence-corrected chi connectivity index (χ2v) is 6.91. The molecule has 1 fully saturated rings. The van der Waals surface area contributed by atoms with Crippen molar-refractivity contribution < 1.29 is 8.42 Å². The van der Waals surface area contributed by atoms with Crippen LogP contribution in [0.4, 0.5) is 0 Å². The molecule has 0 bridgehead atoms. The van der Waals surface area contributed by atoms with Gasteiger partial charge < -0.3 is 0 Å². The molecule has 2 aromatic carbocycles. The lowest BCUT2D eigenvalue weighted by atomic mass is 10.1. The standard InChI is InChI=1S/C15H17NO2S/c1-11(12-9-10-12)16-19(17,18)15-8-4-6-13-5-2-3-7-14(13)15/h2-8,11-12,16H,9-10H2,1H3. The number of nitrogens with one attached hydrogen (secondary N) is 1. The van der Waals surface area contributed by atoms with Crippen molar-refractivity contribution >= 4 is 20.8 Å². The molecule has 1 N–H and O–H groups in total. The van der Waals surface area contributed by atoms with Crippen molar-refractivity contribution in [3.63, 3.8) is 0 Å². The van der Waals surface area contributed by atoms with Crippen molar-refractivity contribution in [3.05, 3.63) is 42.5 Å². The molecular formula is C15H17NO2S. The Bertz CT molecular complexity index is 700. The third kappa shape index (κ3) is 2.51. The summed E-state index contributed by atoms with van der Waals surface area (Å²) in [6, 6.07) is 13.0. The van der Waals surface area contributed by atoms with Gasteiger partial charge in [-0.2, -0.15) is 0 Å². The lowest BCUT2D eigenvalue weighted by Gasteiger charge is -2.14. The highest BCUT2D eigenvalue weighted by atomic mass is 32.2. The maximum absolute atomic E-state index is 12.5. The number of hydrogen-bond donors (Lipinski definition) is 1. The fourth-order valence-electron chi connectivity index (χ4n) is 2.43. The molecule has 1 aliphatic rings. The molecular weight excluding hydrogens is 258 g/mol. The molecule has 100 valence electrons. The molecule has 2 aromatic rings. The van der Waals surface area contributed by atoms with Crippen molar-refractivity contribution in [1.29, 1.82) is 0 Å². The summed E-state index contributed by atoms with van der Waals surface area (Å²) >= 11 is 0. The van der Waals surface area contributed by atoms with Gasteiger partial charge in [-0.15, -0.1) is 0 Å². The average Bonchev–Trinajstić information content (AvgIpc) is 3.22. The Labute approximate surface area is 113 Å². The summed E-state index contributed by atoms with van der Waals surface area (Å²) in [6.45, 7) is 1.94. The van der Waals surface area contributed by atoms with Gasteiger partial charge in [0.1, 0.15) is 0 Å². The van der Waals surface area contributed by atoms with Crippen LogP contribution in [0.15, 0.2) is 47.4 Å². The molecule has 0 amide bonds. The molecule has 1 unspecified atom stereocenters. The molecule has 0 radical (unpaired) electrons. The van der Waals surface area contributed by atoms with E-state index >= 15 is 0 Å². The Morgan fingerprint density at radius 2 is 1.79 bits per heavy atom. The van der Waals surface area contributed by atoms with E-state index in [1.165, 1.54) is 0 Å². The predicted octanol–water partition coefficient (Wildman–Crippen LogP) is 2.92. The quantitative estimate of drug-likeness (QED) is 0.932. The van der Waals surface area contributed by atoms with Gasteiger partial charge in [0.2, 0.25) is 10.0 Å². The zero-order valence-corrected chi connectivity index (χ0v) is 11.7. The van der Waals surface area contributed by atoms with E-state index in [9.17, 15) is 8.42 Å². The van der Waals surface area contributed by atoms with Crippen LogP contribution in [0.1, 0.15) is 19.8 Å². The van der Waals surface area contributed by atoms with E-state index in [1.807, 2.05) is 37.3 Å². The molecule has 0 spiro atoms. The number of rotatable bonds is 4. The van der Waals surface area contributed by atoms with Gasteiger partial charge in [-0.1, -0.05) is 36.4 Å². The van der Waals surface area contributed by atoms with Crippen LogP contribution in [0.5, 0.6) is 0 Å². The lowest BCUT2D eigenvalue weighted by molar-refractivity contribution is 0.539. The highest BCUT2D eigenvalue weighted by Gasteiger charge is 2.31. The monoisotopic (exact) mass is 275 g/mol. The summed E-state index contributed by atoms with van der Waals surface area (Å²) in [6.07, 6.45) is 2.25. The van der Waals surface area contributed by atoms with Crippen molar-refractivity contribution in [3.8, 4) is 0 Å². The number of fused-ring (bicyclic) bond motifs is 1. The number of sulfonamides is 1. The van der Waals surface area contributed by atoms with Crippen LogP contribution in [0.2, 0.25) is 0 Å². The van der Waals surface area contributed by atoms with Gasteiger partial charge in [0.05, 0.1) is 4.90 Å². The first-order chi connectivity index (χ1) is 9.08. The topological polar surface area (TPSA) is 46.2 Å². The molecule has 0 heterocycles. The van der Waals surface area contributed by atoms with Gasteiger partial charge in [0.15, 0.2) is 0 Å². The Morgan fingerprint density at radius 1 is 1.11 bits per heavy atom. The Hall–Kier alpha value is -1.39. The van der Waals surface area contributed by atoms with E-state index in [4.69, 9.17) is 0 Å². The maximum Gasteiger partial charge on any atom is 0.241 e. The van der Waals surface area contributed by atoms with Crippen LogP contribution >= 0.6 is 0 Å². The van der Waals surface area contributed by atoms with E-state index < -0.39 is 10.0 Å². The zero-order chi connectivity index (χ0) is 13.5. The number of hydrogen-bond acceptors (Lipinski definition) is 2. The van der Waals surface area contributed by atoms with E-state index in [0.29, 0.717) is 10.8 Å². The third-order valence-corrected chi connectivity index (χ3v) is 5.33. The predicted molar refractivity (Wildman–Crippen MR) is 76.5 cm³/mol. The summed E-state index contributed by atoms with van der Waals surface area (Å²) in [5, 5.41) is 1.73. The first-order valence-electron chi connectivity index (χ1n) is 6.58. The van der Waals surface area contributed by atoms with Gasteiger partial charge in [0.25, 0.3) is 0 Å². The van der Waals surface area contributed by atoms with Gasteiger partial charge in [-0.05, 0) is 37.1 Å². The second kappa shape index (κ2) is 4.62. The van der Waals surface area contributed by atoms with Crippen molar-refractivity contribution in [2.45, 2.75) is 30.7 Å². The largest absolute Gasteiger partial charge is 0.241 e. The summed E-state index contributed by atoms with van der Waals surface area (Å²) < 4.78 is 27.8. The van der Waals surface area contributed by atoms with Crippen molar-refractivity contribution in [2.75, 3.05) is 0 Å². The molecule has 19 heavy (non-hydrogen) atoms. The summed E-state index contributed by atoms with van der Waals surface area (Å²) in [5.74, 6) is 0.504. The zero-order valence-electron chi connectivity index (χ0n) is 10.8. The minimum atomic E-state index is -3.44. The average molecular weight is 275 g/mol. The van der Waals surface area contributed by atoms with Crippen LogP contribution in [0.3, 0.4) is 0 Å². The third-order valence-electron chi connectivity index (χ3n) is 3.71. The fourth-order valence-corrected chi connectivity index (χ4v) is 3.97. The van der Waals surface area contributed by atoms with Crippen LogP contribution in [0, 0.1) is 5.92 Å². The van der Waals surface area contributed by atoms with Gasteiger partial charge in [-0.3, -0.25) is 0 Å². The SMILES string of the molecule is CC(NS(=O)(=O)c1cccc2ccccc12)C1CC1. The summed E-state index contributed by atoms with van der Waals surface area (Å²) in [7, 11) is -3.44. The van der Waals surface area contributed by atoms with Crippen LogP contribution in [-0.2, 0) is 10.0 Å². The van der Waals surface area contributed by atoms with E-state index in [0.717, 1.165) is 23.6 Å². The summed E-state index contributed by atoms with van der Waals surface area (Å²) in [5.41, 5.74) is 0. The highest BCUT2D eigenvalue weighted by molar-refractivity contribution is 7.89. The molecule has 1 atom stereocenters. The van der Waals surface area contributed by atoms with Crippen LogP contribution in [-0.4, -0.2) is 14.5 Å². The minimum absolute atomic E-state index is 0.0176. The molecule has 0 aliphatic heterocycles. The molecule has 0 aromatic heterocycles. The highest BCUT2D eigenvalue weighted by Crippen LogP contribution is 2.33. The smallest absolute Gasteiger partial charge is 0.208 e. The lowest BCUT2D eigenvalue weighted by Crippen LogP contribution is -2.34. The molecule has 3 rings (SSSR count). The molecule has 0 saturated heterocycles. The Morgan fingerprint density at radius 3 is 2.53 bits per heavy atom. The van der Waals surface area contributed by atoms with E-state index in [-0.39, 0.29) is 6.04 Å². The first kappa shape index (κ1) is 12.6. The van der Waals surface area contributed by atoms with Crippen molar-refractivity contribution in [2.24, 2.45) is 5.92 Å². The minimum Gasteiger partial charge on any atom is -0.208 e. The second-order valence-electron chi connectivity index (χ2n) is 5.22. The number of benzene rings is 2. The Kier molecular flexibility index (Phi) is 3.07. The van der Waals surface area contributed by atoms with Crippen LogP contribution in [0.25, 0.3) is 10.8 Å². The Balaban J connectivity index is 2.02. The van der Waals surface area contributed by atoms with Crippen LogP contribution < -0.4 is 4.72 Å². The van der Waals surface area contributed by atoms with Gasteiger partial charge in [0, 0.05) is 11.4 Å². The van der Waals surface area contributed by atoms with Gasteiger partial charge >= 0.3 is 0 Å². The van der Waals surface area contributed by atoms with E-state index in [2.05, 4.69) is 4.72 Å². The normalized spacial score (nSPS) is 17.5.